The largest absolute Gasteiger partial charge is 0.377 e. The van der Waals surface area contributed by atoms with Crippen molar-refractivity contribution >= 4 is 23.1 Å². The zero-order valence-corrected chi connectivity index (χ0v) is 19.0. The number of carbonyl (C=O) groups excluding carboxylic acids is 1. The Hall–Kier alpha value is -2.62. The van der Waals surface area contributed by atoms with E-state index in [1.165, 1.54) is 4.88 Å². The molecule has 8 nitrogen and oxygen atoms in total. The lowest BCUT2D eigenvalue weighted by Gasteiger charge is -2.24. The first-order chi connectivity index (χ1) is 15.0. The second-order valence-electron chi connectivity index (χ2n) is 7.97. The third-order valence-electron chi connectivity index (χ3n) is 5.07. The number of nitrogens with zero attached hydrogens (tertiary/aromatic N) is 5. The molecule has 0 aliphatic carbocycles. The van der Waals surface area contributed by atoms with E-state index in [0.717, 1.165) is 49.6 Å². The van der Waals surface area contributed by atoms with E-state index in [9.17, 15) is 4.79 Å². The average Bonchev–Trinajstić information content (AvgIpc) is 3.44. The summed E-state index contributed by atoms with van der Waals surface area (Å²) in [6.07, 6.45) is 2.31. The Labute approximate surface area is 186 Å². The van der Waals surface area contributed by atoms with Gasteiger partial charge in [-0.3, -0.25) is 9.69 Å². The lowest BCUT2D eigenvalue weighted by atomic mass is 10.2. The molecular formula is C22H28N6O2S. The number of anilines is 1. The van der Waals surface area contributed by atoms with Crippen LogP contribution < -0.4 is 5.32 Å². The summed E-state index contributed by atoms with van der Waals surface area (Å²) in [5, 5.41) is 9.55. The molecule has 1 atom stereocenters. The second-order valence-corrected chi connectivity index (χ2v) is 9.00. The van der Waals surface area contributed by atoms with E-state index in [-0.39, 0.29) is 18.6 Å². The fraction of sp³-hybridized carbons (Fsp3) is 0.455. The predicted octanol–water partition coefficient (Wildman–Crippen LogP) is 3.27. The Morgan fingerprint density at radius 3 is 2.74 bits per heavy atom. The minimum Gasteiger partial charge on any atom is -0.377 e. The summed E-state index contributed by atoms with van der Waals surface area (Å²) < 4.78 is 7.40. The van der Waals surface area contributed by atoms with Gasteiger partial charge in [-0.05, 0) is 51.1 Å². The molecule has 164 valence electrons. The van der Waals surface area contributed by atoms with Crippen molar-refractivity contribution in [3.63, 3.8) is 0 Å². The molecule has 0 radical (unpaired) electrons. The smallest absolute Gasteiger partial charge is 0.252 e. The van der Waals surface area contributed by atoms with Gasteiger partial charge in [0.05, 0.1) is 18.3 Å². The van der Waals surface area contributed by atoms with Crippen LogP contribution in [0.4, 0.5) is 5.82 Å². The van der Waals surface area contributed by atoms with E-state index in [1.807, 2.05) is 39.0 Å². The van der Waals surface area contributed by atoms with Crippen LogP contribution in [0, 0.1) is 20.8 Å². The molecule has 1 aliphatic rings. The molecule has 9 heteroatoms. The van der Waals surface area contributed by atoms with Gasteiger partial charge in [0.15, 0.2) is 0 Å². The fourth-order valence-electron chi connectivity index (χ4n) is 3.81. The number of rotatable bonds is 8. The quantitative estimate of drug-likeness (QED) is 0.579. The van der Waals surface area contributed by atoms with E-state index >= 15 is 0 Å². The first-order valence-corrected chi connectivity index (χ1v) is 11.4. The highest BCUT2D eigenvalue weighted by atomic mass is 32.1. The number of carbonyl (C=O) groups is 1. The van der Waals surface area contributed by atoms with E-state index in [1.54, 1.807) is 16.0 Å². The lowest BCUT2D eigenvalue weighted by Crippen LogP contribution is -2.38. The zero-order chi connectivity index (χ0) is 21.8. The van der Waals surface area contributed by atoms with Crippen molar-refractivity contribution in [2.75, 3.05) is 25.0 Å². The Morgan fingerprint density at radius 1 is 1.26 bits per heavy atom. The van der Waals surface area contributed by atoms with Crippen LogP contribution in [0.25, 0.3) is 5.95 Å². The minimum atomic E-state index is -0.0971. The first kappa shape index (κ1) is 21.6. The summed E-state index contributed by atoms with van der Waals surface area (Å²) >= 11 is 1.70. The predicted molar refractivity (Wildman–Crippen MR) is 121 cm³/mol. The van der Waals surface area contributed by atoms with E-state index in [4.69, 9.17) is 4.74 Å². The first-order valence-electron chi connectivity index (χ1n) is 10.5. The fourth-order valence-corrected chi connectivity index (χ4v) is 4.56. The maximum Gasteiger partial charge on any atom is 0.252 e. The van der Waals surface area contributed by atoms with Gasteiger partial charge in [0.2, 0.25) is 5.91 Å². The van der Waals surface area contributed by atoms with Crippen molar-refractivity contribution in [2.24, 2.45) is 0 Å². The average molecular weight is 441 g/mol. The van der Waals surface area contributed by atoms with E-state index in [0.29, 0.717) is 11.8 Å². The summed E-state index contributed by atoms with van der Waals surface area (Å²) in [6.45, 7) is 8.26. The molecule has 1 unspecified atom stereocenters. The molecule has 31 heavy (non-hydrogen) atoms. The number of nitrogens with one attached hydrogen (secondary N) is 1. The van der Waals surface area contributed by atoms with Gasteiger partial charge in [-0.1, -0.05) is 6.07 Å². The molecule has 4 heterocycles. The second kappa shape index (κ2) is 9.67. The molecule has 3 aromatic rings. The number of amides is 1. The van der Waals surface area contributed by atoms with Gasteiger partial charge >= 0.3 is 0 Å². The highest BCUT2D eigenvalue weighted by Crippen LogP contribution is 2.18. The van der Waals surface area contributed by atoms with Crippen molar-refractivity contribution in [3.8, 4) is 5.95 Å². The summed E-state index contributed by atoms with van der Waals surface area (Å²) in [5.41, 5.74) is 2.49. The minimum absolute atomic E-state index is 0.0971. The Bertz CT molecular complexity index is 1010. The van der Waals surface area contributed by atoms with Gasteiger partial charge in [0, 0.05) is 42.0 Å². The van der Waals surface area contributed by atoms with Gasteiger partial charge in [-0.25, -0.2) is 9.97 Å². The topological polar surface area (TPSA) is 85.2 Å². The Kier molecular flexibility index (Phi) is 6.74. The molecule has 1 fully saturated rings. The highest BCUT2D eigenvalue weighted by molar-refractivity contribution is 7.09. The van der Waals surface area contributed by atoms with Crippen LogP contribution in [-0.2, 0) is 16.1 Å². The summed E-state index contributed by atoms with van der Waals surface area (Å²) in [7, 11) is 0. The molecule has 3 aromatic heterocycles. The van der Waals surface area contributed by atoms with Crippen molar-refractivity contribution in [1.82, 2.24) is 24.6 Å². The van der Waals surface area contributed by atoms with Gasteiger partial charge in [-0.2, -0.15) is 9.78 Å². The van der Waals surface area contributed by atoms with Crippen LogP contribution in [-0.4, -0.2) is 56.4 Å². The van der Waals surface area contributed by atoms with Crippen LogP contribution in [0.15, 0.2) is 29.6 Å². The molecule has 0 saturated carbocycles. The standard InChI is InChI=1S/C22H28N6O2S/c1-15-10-16(2)24-22(23-15)28-20(11-17(3)26-28)25-21(29)14-27(12-18-6-4-8-30-18)13-19-7-5-9-31-19/h5,7,9-11,18H,4,6,8,12-14H2,1-3H3,(H,25,29). The third kappa shape index (κ3) is 5.75. The number of aryl methyl sites for hydroxylation is 3. The van der Waals surface area contributed by atoms with Crippen LogP contribution >= 0.6 is 11.3 Å². The van der Waals surface area contributed by atoms with Crippen molar-refractivity contribution in [1.29, 1.82) is 0 Å². The monoisotopic (exact) mass is 440 g/mol. The molecule has 1 saturated heterocycles. The van der Waals surface area contributed by atoms with Crippen LogP contribution in [0.1, 0.15) is 34.8 Å². The van der Waals surface area contributed by atoms with Gasteiger partial charge in [-0.15, -0.1) is 11.3 Å². The molecule has 0 spiro atoms. The number of ether oxygens (including phenoxy) is 1. The summed E-state index contributed by atoms with van der Waals surface area (Å²) in [4.78, 5) is 25.3. The normalized spacial score (nSPS) is 16.2. The maximum atomic E-state index is 13.0. The number of hydrogen-bond donors (Lipinski definition) is 1. The Balaban J connectivity index is 1.48. The lowest BCUT2D eigenvalue weighted by molar-refractivity contribution is -0.117. The molecule has 1 aliphatic heterocycles. The molecule has 1 amide bonds. The van der Waals surface area contributed by atoms with Crippen molar-refractivity contribution < 1.29 is 9.53 Å². The number of thiophene rings is 1. The van der Waals surface area contributed by atoms with Crippen LogP contribution in [0.2, 0.25) is 0 Å². The van der Waals surface area contributed by atoms with Gasteiger partial charge in [0.1, 0.15) is 5.82 Å². The SMILES string of the molecule is Cc1cc(C)nc(-n2nc(C)cc2NC(=O)CN(Cc2cccs2)CC2CCCO2)n1. The van der Waals surface area contributed by atoms with Gasteiger partial charge in [0.25, 0.3) is 5.95 Å². The van der Waals surface area contributed by atoms with Crippen LogP contribution in [0.3, 0.4) is 0 Å². The summed E-state index contributed by atoms with van der Waals surface area (Å²) in [5.74, 6) is 0.927. The number of hydrogen-bond acceptors (Lipinski definition) is 7. The maximum absolute atomic E-state index is 13.0. The third-order valence-corrected chi connectivity index (χ3v) is 5.93. The molecular weight excluding hydrogens is 412 g/mol. The Morgan fingerprint density at radius 2 is 2.06 bits per heavy atom. The molecule has 0 bridgehead atoms. The van der Waals surface area contributed by atoms with Gasteiger partial charge < -0.3 is 10.1 Å². The van der Waals surface area contributed by atoms with E-state index < -0.39 is 0 Å². The molecule has 0 aromatic carbocycles. The molecule has 1 N–H and O–H groups in total. The van der Waals surface area contributed by atoms with Crippen LogP contribution in [0.5, 0.6) is 0 Å². The van der Waals surface area contributed by atoms with E-state index in [2.05, 4.69) is 36.7 Å². The zero-order valence-electron chi connectivity index (χ0n) is 18.2. The highest BCUT2D eigenvalue weighted by Gasteiger charge is 2.22. The number of aromatic nitrogens is 4. The van der Waals surface area contributed by atoms with Crippen molar-refractivity contribution in [2.45, 2.75) is 46.3 Å². The molecule has 4 rings (SSSR count). The van der Waals surface area contributed by atoms with Crippen molar-refractivity contribution in [3.05, 3.63) is 51.6 Å². The summed E-state index contributed by atoms with van der Waals surface area (Å²) in [6, 6.07) is 7.88.